The molecule has 4 fully saturated rings. The fraction of sp³-hybridized carbons (Fsp3) is 1.00. The zero-order valence-corrected chi connectivity index (χ0v) is 16.5. The van der Waals surface area contributed by atoms with Crippen molar-refractivity contribution in [2.75, 3.05) is 0 Å². The third-order valence-electron chi connectivity index (χ3n) is 7.06. The summed E-state index contributed by atoms with van der Waals surface area (Å²) >= 11 is 0. The Morgan fingerprint density at radius 3 is 0.706 bits per heavy atom. The Balaban J connectivity index is 2.16. The average molecular weight is 283 g/mol. The number of hydrogen-bond acceptors (Lipinski definition) is 0. The lowest BCUT2D eigenvalue weighted by Gasteiger charge is -2.20. The quantitative estimate of drug-likeness (QED) is 0.619. The molecule has 0 N–H and O–H groups in total. The summed E-state index contributed by atoms with van der Waals surface area (Å²) in [5.41, 5.74) is 0.826. The monoisotopic (exact) mass is 282 g/mol. The minimum atomic E-state index is -1.00. The summed E-state index contributed by atoms with van der Waals surface area (Å²) in [4.78, 5) is 0. The van der Waals surface area contributed by atoms with Crippen molar-refractivity contribution in [2.45, 2.75) is 81.0 Å². The van der Waals surface area contributed by atoms with E-state index in [9.17, 15) is 0 Å². The van der Waals surface area contributed by atoms with E-state index in [0.29, 0.717) is 0 Å². The van der Waals surface area contributed by atoms with Gasteiger partial charge >= 0.3 is 0 Å². The van der Waals surface area contributed by atoms with Crippen molar-refractivity contribution in [3.8, 4) is 0 Å². The molecule has 0 bridgehead atoms. The Morgan fingerprint density at radius 1 is 0.471 bits per heavy atom. The smallest absolute Gasteiger partial charge is 0.0520 e. The van der Waals surface area contributed by atoms with Crippen LogP contribution in [0.2, 0.25) is 74.0 Å². The van der Waals surface area contributed by atoms with Crippen molar-refractivity contribution in [3.63, 3.8) is 0 Å². The molecule has 0 spiro atoms. The van der Waals surface area contributed by atoms with E-state index in [1.807, 2.05) is 0 Å². The summed E-state index contributed by atoms with van der Waals surface area (Å²) < 4.78 is 0. The summed E-state index contributed by atoms with van der Waals surface area (Å²) in [6, 6.07) is 0. The van der Waals surface area contributed by atoms with Crippen molar-refractivity contribution in [1.82, 2.24) is 0 Å². The molecule has 3 heteroatoms. The van der Waals surface area contributed by atoms with Crippen LogP contribution in [0, 0.1) is 5.41 Å². The Kier molecular flexibility index (Phi) is 1.67. The molecular weight excluding hydrogens is 252 g/mol. The van der Waals surface area contributed by atoms with Crippen LogP contribution in [0.25, 0.3) is 0 Å². The molecule has 0 radical (unpaired) electrons. The largest absolute Gasteiger partial charge is 0.0691 e. The van der Waals surface area contributed by atoms with Gasteiger partial charge in [0.2, 0.25) is 0 Å². The zero-order valence-electron chi connectivity index (χ0n) is 13.5. The zero-order chi connectivity index (χ0) is 13.5. The van der Waals surface area contributed by atoms with Crippen LogP contribution in [-0.4, -0.2) is 24.2 Å². The average Bonchev–Trinajstić information content (AvgIpc) is 2.75. The first-order valence-corrected chi connectivity index (χ1v) is 17.8. The van der Waals surface area contributed by atoms with Crippen molar-refractivity contribution in [3.05, 3.63) is 0 Å². The predicted octanol–water partition coefficient (Wildman–Crippen LogP) is 5.27. The lowest BCUT2D eigenvalue weighted by molar-refractivity contribution is 0.928. The Bertz CT molecular complexity index is 357. The van der Waals surface area contributed by atoms with Crippen LogP contribution in [-0.2, 0) is 0 Å². The molecule has 0 nitrogen and oxygen atoms in total. The van der Waals surface area contributed by atoms with Crippen LogP contribution < -0.4 is 0 Å². The van der Waals surface area contributed by atoms with E-state index >= 15 is 0 Å². The van der Waals surface area contributed by atoms with Gasteiger partial charge in [-0.15, -0.1) is 0 Å². The summed E-state index contributed by atoms with van der Waals surface area (Å²) in [5, 5.41) is 2.69. The molecule has 0 unspecified atom stereocenters. The molecule has 4 aliphatic carbocycles. The standard InChI is InChI=1S/C14H30Si3/c1-11-12(15(2,3)4)13(11,16(5,6)7)14(11,12)17(8,9)10/h1-10H3. The first kappa shape index (κ1) is 12.7. The number of hydrogen-bond donors (Lipinski definition) is 0. The highest BCUT2D eigenvalue weighted by atomic mass is 28.3. The van der Waals surface area contributed by atoms with Crippen molar-refractivity contribution in [1.29, 1.82) is 0 Å². The maximum absolute atomic E-state index is 2.68. The van der Waals surface area contributed by atoms with Crippen LogP contribution in [0.5, 0.6) is 0 Å². The molecule has 0 aromatic carbocycles. The summed E-state index contributed by atoms with van der Waals surface area (Å²) in [7, 11) is -3.01. The van der Waals surface area contributed by atoms with Crippen LogP contribution in [0.15, 0.2) is 0 Å². The summed E-state index contributed by atoms with van der Waals surface area (Å²) in [6.45, 7) is 26.6. The minimum absolute atomic E-state index is 0.826. The lowest BCUT2D eigenvalue weighted by atomic mass is 10.5. The van der Waals surface area contributed by atoms with Gasteiger partial charge in [-0.25, -0.2) is 0 Å². The van der Waals surface area contributed by atoms with E-state index in [2.05, 4.69) is 65.8 Å². The molecule has 0 saturated heterocycles. The van der Waals surface area contributed by atoms with Crippen LogP contribution >= 0.6 is 0 Å². The van der Waals surface area contributed by atoms with Crippen molar-refractivity contribution in [2.24, 2.45) is 5.41 Å². The van der Waals surface area contributed by atoms with E-state index in [1.165, 1.54) is 0 Å². The maximum atomic E-state index is 2.68. The van der Waals surface area contributed by atoms with E-state index in [1.54, 1.807) is 0 Å². The van der Waals surface area contributed by atoms with Gasteiger partial charge < -0.3 is 0 Å². The summed E-state index contributed by atoms with van der Waals surface area (Å²) in [6.07, 6.45) is 0. The third-order valence-corrected chi connectivity index (χ3v) is 18.3. The van der Waals surface area contributed by atoms with Gasteiger partial charge in [-0.2, -0.15) is 0 Å². The second-order valence-corrected chi connectivity index (χ2v) is 25.9. The second kappa shape index (κ2) is 2.24. The highest BCUT2D eigenvalue weighted by Gasteiger charge is 3.37. The molecule has 0 aliphatic heterocycles. The number of rotatable bonds is 3. The highest BCUT2D eigenvalue weighted by Crippen LogP contribution is 3.50. The van der Waals surface area contributed by atoms with E-state index in [-0.39, 0.29) is 0 Å². The van der Waals surface area contributed by atoms with Gasteiger partial charge in [-0.05, 0) is 20.5 Å². The Hall–Kier alpha value is 0.651. The topological polar surface area (TPSA) is 0 Å². The van der Waals surface area contributed by atoms with E-state index in [4.69, 9.17) is 0 Å². The molecule has 4 rings (SSSR count). The highest BCUT2D eigenvalue weighted by molar-refractivity contribution is 7.05. The maximum Gasteiger partial charge on any atom is 0.0520 e. The van der Waals surface area contributed by atoms with Crippen molar-refractivity contribution < 1.29 is 0 Å². The molecule has 4 aliphatic rings. The van der Waals surface area contributed by atoms with Gasteiger partial charge in [0.05, 0.1) is 24.2 Å². The van der Waals surface area contributed by atoms with Crippen LogP contribution in [0.1, 0.15) is 6.92 Å². The van der Waals surface area contributed by atoms with Gasteiger partial charge in [-0.3, -0.25) is 0 Å². The molecule has 0 atom stereocenters. The molecule has 17 heavy (non-hydrogen) atoms. The van der Waals surface area contributed by atoms with Crippen LogP contribution in [0.4, 0.5) is 0 Å². The van der Waals surface area contributed by atoms with E-state index in [0.717, 1.165) is 20.5 Å². The molecule has 0 aromatic rings. The normalized spacial score (nSPS) is 55.4. The van der Waals surface area contributed by atoms with Gasteiger partial charge in [0.15, 0.2) is 0 Å². The second-order valence-electron chi connectivity index (χ2n) is 10.1. The van der Waals surface area contributed by atoms with E-state index < -0.39 is 24.2 Å². The van der Waals surface area contributed by atoms with Gasteiger partial charge in [0, 0.05) is 0 Å². The minimum Gasteiger partial charge on any atom is -0.0691 e. The molecule has 98 valence electrons. The Morgan fingerprint density at radius 2 is 0.647 bits per heavy atom. The third kappa shape index (κ3) is 0.659. The van der Waals surface area contributed by atoms with Gasteiger partial charge in [0.25, 0.3) is 0 Å². The lowest BCUT2D eigenvalue weighted by Crippen LogP contribution is -2.26. The SMILES string of the molecule is CC12C3([Si](C)(C)C)C1([Si](C)(C)C)C23[Si](C)(C)C. The molecule has 4 saturated carbocycles. The first-order chi connectivity index (χ1) is 7.25. The van der Waals surface area contributed by atoms with Gasteiger partial charge in [0.1, 0.15) is 0 Å². The molecular formula is C14H30Si3. The molecule has 0 heterocycles. The molecule has 0 aromatic heterocycles. The van der Waals surface area contributed by atoms with Crippen LogP contribution in [0.3, 0.4) is 0 Å². The summed E-state index contributed by atoms with van der Waals surface area (Å²) in [5.74, 6) is 0. The first-order valence-electron chi connectivity index (χ1n) is 7.25. The van der Waals surface area contributed by atoms with Crippen molar-refractivity contribution >= 4 is 24.2 Å². The Labute approximate surface area is 111 Å². The fourth-order valence-electron chi connectivity index (χ4n) is 8.16. The van der Waals surface area contributed by atoms with Gasteiger partial charge in [-0.1, -0.05) is 65.8 Å². The fourth-order valence-corrected chi connectivity index (χ4v) is 30.1. The molecule has 0 amide bonds. The predicted molar refractivity (Wildman–Crippen MR) is 86.2 cm³/mol.